The number of benzene rings is 1. The molecule has 31 heavy (non-hydrogen) atoms. The number of piperidine rings is 1. The maximum Gasteiger partial charge on any atom is 0.274 e. The number of rotatable bonds is 7. The van der Waals surface area contributed by atoms with Gasteiger partial charge in [-0.15, -0.1) is 11.3 Å². The number of hydrogen-bond donors (Lipinski definition) is 1. The Morgan fingerprint density at radius 2 is 1.90 bits per heavy atom. The van der Waals surface area contributed by atoms with Crippen LogP contribution in [0.2, 0.25) is 0 Å². The van der Waals surface area contributed by atoms with Crippen molar-refractivity contribution in [2.75, 3.05) is 19.6 Å². The molecule has 4 rings (SSSR count). The number of carbonyl (C=O) groups is 1. The Morgan fingerprint density at radius 1 is 1.16 bits per heavy atom. The number of amides is 1. The first kappa shape index (κ1) is 21.7. The van der Waals surface area contributed by atoms with E-state index in [0.29, 0.717) is 35.5 Å². The maximum atomic E-state index is 13.0. The van der Waals surface area contributed by atoms with Crippen molar-refractivity contribution < 1.29 is 4.79 Å². The zero-order valence-corrected chi connectivity index (χ0v) is 19.0. The molecule has 1 N–H and O–H groups in total. The first-order valence-electron chi connectivity index (χ1n) is 11.0. The van der Waals surface area contributed by atoms with E-state index in [1.807, 2.05) is 26.0 Å². The molecule has 1 saturated heterocycles. The predicted octanol–water partition coefficient (Wildman–Crippen LogP) is 3.76. The number of hydrogen-bond acceptors (Lipinski definition) is 5. The number of aromatic nitrogens is 2. The summed E-state index contributed by atoms with van der Waals surface area (Å²) in [5.74, 6) is 0.535. The lowest BCUT2D eigenvalue weighted by atomic mass is 9.96. The van der Waals surface area contributed by atoms with Crippen LogP contribution in [0.15, 0.2) is 46.6 Å². The standard InChI is InChI=1S/C24H30N4O2S/c1-17(2)15-28-24(30)21-8-4-3-7-20(21)22(26-28)23(29)25-14-18-9-11-27(12-10-18)16-19-6-5-13-31-19/h3-8,13,17-18H,9-12,14-16H2,1-2H3,(H,25,29). The topological polar surface area (TPSA) is 67.2 Å². The van der Waals surface area contributed by atoms with Crippen molar-refractivity contribution in [3.05, 3.63) is 62.7 Å². The molecule has 0 spiro atoms. The molecule has 0 unspecified atom stereocenters. The van der Waals surface area contributed by atoms with Gasteiger partial charge < -0.3 is 5.32 Å². The van der Waals surface area contributed by atoms with Crippen LogP contribution in [0.25, 0.3) is 10.8 Å². The minimum atomic E-state index is -0.199. The fourth-order valence-corrected chi connectivity index (χ4v) is 4.91. The lowest BCUT2D eigenvalue weighted by Gasteiger charge is -2.31. The summed E-state index contributed by atoms with van der Waals surface area (Å²) in [6.07, 6.45) is 2.15. The van der Waals surface area contributed by atoms with Crippen molar-refractivity contribution in [3.8, 4) is 0 Å². The summed E-state index contributed by atoms with van der Waals surface area (Å²) in [5, 5.41) is 10.8. The molecule has 1 aliphatic heterocycles. The molecule has 3 heterocycles. The summed E-state index contributed by atoms with van der Waals surface area (Å²) in [6.45, 7) is 8.33. The highest BCUT2D eigenvalue weighted by Gasteiger charge is 2.22. The minimum absolute atomic E-state index is 0.140. The van der Waals surface area contributed by atoms with E-state index >= 15 is 0 Å². The molecule has 3 aromatic rings. The SMILES string of the molecule is CC(C)Cn1nc(C(=O)NCC2CCN(Cc3cccs3)CC2)c2ccccc2c1=O. The van der Waals surface area contributed by atoms with E-state index in [0.717, 1.165) is 32.5 Å². The molecule has 1 aromatic carbocycles. The monoisotopic (exact) mass is 438 g/mol. The van der Waals surface area contributed by atoms with E-state index < -0.39 is 0 Å². The molecule has 0 radical (unpaired) electrons. The quantitative estimate of drug-likeness (QED) is 0.610. The molecule has 0 aliphatic carbocycles. The highest BCUT2D eigenvalue weighted by atomic mass is 32.1. The van der Waals surface area contributed by atoms with Crippen molar-refractivity contribution in [1.29, 1.82) is 0 Å². The van der Waals surface area contributed by atoms with Crippen LogP contribution in [-0.2, 0) is 13.1 Å². The van der Waals surface area contributed by atoms with Crippen LogP contribution in [0.1, 0.15) is 42.1 Å². The molecule has 1 fully saturated rings. The van der Waals surface area contributed by atoms with Gasteiger partial charge in [-0.05, 0) is 55.3 Å². The van der Waals surface area contributed by atoms with Gasteiger partial charge in [0.1, 0.15) is 0 Å². The molecule has 1 amide bonds. The summed E-state index contributed by atoms with van der Waals surface area (Å²) in [4.78, 5) is 29.7. The van der Waals surface area contributed by atoms with Gasteiger partial charge in [0.15, 0.2) is 5.69 Å². The Labute approximate surface area is 186 Å². The number of nitrogens with one attached hydrogen (secondary N) is 1. The summed E-state index contributed by atoms with van der Waals surface area (Å²) in [5.41, 5.74) is 0.199. The van der Waals surface area contributed by atoms with E-state index in [2.05, 4.69) is 32.8 Å². The lowest BCUT2D eigenvalue weighted by Crippen LogP contribution is -2.39. The van der Waals surface area contributed by atoms with Crippen LogP contribution in [0.4, 0.5) is 0 Å². The molecule has 0 saturated carbocycles. The largest absolute Gasteiger partial charge is 0.350 e. The molecule has 0 bridgehead atoms. The molecule has 6 nitrogen and oxygen atoms in total. The third-order valence-corrected chi connectivity index (χ3v) is 6.70. The summed E-state index contributed by atoms with van der Waals surface area (Å²) in [6, 6.07) is 11.5. The van der Waals surface area contributed by atoms with E-state index in [1.54, 1.807) is 23.5 Å². The fourth-order valence-electron chi connectivity index (χ4n) is 4.16. The van der Waals surface area contributed by atoms with Gasteiger partial charge >= 0.3 is 0 Å². The van der Waals surface area contributed by atoms with Crippen LogP contribution < -0.4 is 10.9 Å². The van der Waals surface area contributed by atoms with Gasteiger partial charge in [0.25, 0.3) is 11.5 Å². The van der Waals surface area contributed by atoms with Gasteiger partial charge in [0, 0.05) is 29.9 Å². The Hall–Kier alpha value is -2.51. The molecule has 0 atom stereocenters. The first-order valence-corrected chi connectivity index (χ1v) is 11.9. The first-order chi connectivity index (χ1) is 15.0. The highest BCUT2D eigenvalue weighted by Crippen LogP contribution is 2.20. The predicted molar refractivity (Wildman–Crippen MR) is 125 cm³/mol. The van der Waals surface area contributed by atoms with Crippen LogP contribution in [0.3, 0.4) is 0 Å². The average Bonchev–Trinajstić information content (AvgIpc) is 3.28. The second kappa shape index (κ2) is 9.75. The smallest absolute Gasteiger partial charge is 0.274 e. The number of nitrogens with zero attached hydrogens (tertiary/aromatic N) is 3. The van der Waals surface area contributed by atoms with Crippen molar-refractivity contribution in [2.45, 2.75) is 39.8 Å². The fraction of sp³-hybridized carbons (Fsp3) is 0.458. The summed E-state index contributed by atoms with van der Waals surface area (Å²) in [7, 11) is 0. The third kappa shape index (κ3) is 5.22. The zero-order chi connectivity index (χ0) is 21.8. The van der Waals surface area contributed by atoms with Crippen LogP contribution >= 0.6 is 11.3 Å². The van der Waals surface area contributed by atoms with Crippen molar-refractivity contribution in [3.63, 3.8) is 0 Å². The second-order valence-electron chi connectivity index (χ2n) is 8.78. The normalized spacial score (nSPS) is 15.6. The Kier molecular flexibility index (Phi) is 6.83. The van der Waals surface area contributed by atoms with Crippen LogP contribution in [0, 0.1) is 11.8 Å². The summed E-state index contributed by atoms with van der Waals surface area (Å²) < 4.78 is 1.44. The van der Waals surface area contributed by atoms with E-state index in [4.69, 9.17) is 0 Å². The molecule has 164 valence electrons. The Bertz CT molecular complexity index is 1080. The van der Waals surface area contributed by atoms with Gasteiger partial charge in [-0.1, -0.05) is 38.1 Å². The Balaban J connectivity index is 1.41. The molecular formula is C24H30N4O2S. The van der Waals surface area contributed by atoms with Crippen molar-refractivity contribution >= 4 is 28.0 Å². The summed E-state index contributed by atoms with van der Waals surface area (Å²) >= 11 is 1.81. The number of likely N-dealkylation sites (tertiary alicyclic amines) is 1. The molecular weight excluding hydrogens is 408 g/mol. The zero-order valence-electron chi connectivity index (χ0n) is 18.2. The molecule has 7 heteroatoms. The van der Waals surface area contributed by atoms with Crippen LogP contribution in [0.5, 0.6) is 0 Å². The molecule has 2 aromatic heterocycles. The van der Waals surface area contributed by atoms with E-state index in [9.17, 15) is 9.59 Å². The number of fused-ring (bicyclic) bond motifs is 1. The van der Waals surface area contributed by atoms with Gasteiger partial charge in [0.2, 0.25) is 0 Å². The number of thiophene rings is 1. The molecule has 1 aliphatic rings. The second-order valence-corrected chi connectivity index (χ2v) is 9.82. The lowest BCUT2D eigenvalue weighted by molar-refractivity contribution is 0.0929. The minimum Gasteiger partial charge on any atom is -0.350 e. The van der Waals surface area contributed by atoms with E-state index in [1.165, 1.54) is 9.56 Å². The maximum absolute atomic E-state index is 13.0. The van der Waals surface area contributed by atoms with Gasteiger partial charge in [-0.25, -0.2) is 4.68 Å². The number of carbonyl (C=O) groups excluding carboxylic acids is 1. The highest BCUT2D eigenvalue weighted by molar-refractivity contribution is 7.09. The van der Waals surface area contributed by atoms with E-state index in [-0.39, 0.29) is 17.4 Å². The van der Waals surface area contributed by atoms with Crippen molar-refractivity contribution in [1.82, 2.24) is 20.0 Å². The van der Waals surface area contributed by atoms with Crippen LogP contribution in [-0.4, -0.2) is 40.2 Å². The van der Waals surface area contributed by atoms with Crippen molar-refractivity contribution in [2.24, 2.45) is 11.8 Å². The average molecular weight is 439 g/mol. The van der Waals surface area contributed by atoms with Gasteiger partial charge in [-0.3, -0.25) is 14.5 Å². The van der Waals surface area contributed by atoms with Gasteiger partial charge in [-0.2, -0.15) is 5.10 Å². The van der Waals surface area contributed by atoms with Gasteiger partial charge in [0.05, 0.1) is 5.39 Å². The third-order valence-electron chi connectivity index (χ3n) is 5.84. The Morgan fingerprint density at radius 3 is 2.58 bits per heavy atom.